The van der Waals surface area contributed by atoms with Crippen molar-refractivity contribution < 1.29 is 4.79 Å². The third kappa shape index (κ3) is 5.33. The van der Waals surface area contributed by atoms with Gasteiger partial charge in [0.05, 0.1) is 6.54 Å². The Bertz CT molecular complexity index is 406. The molecule has 1 aliphatic carbocycles. The largest absolute Gasteiger partial charge is 0.352 e. The monoisotopic (exact) mass is 274 g/mol. The van der Waals surface area contributed by atoms with E-state index in [-0.39, 0.29) is 5.91 Å². The van der Waals surface area contributed by atoms with Gasteiger partial charge in [0.25, 0.3) is 0 Å². The van der Waals surface area contributed by atoms with Crippen molar-refractivity contribution in [2.75, 3.05) is 6.54 Å². The Morgan fingerprint density at radius 3 is 2.40 bits per heavy atom. The molecule has 1 aromatic carbocycles. The summed E-state index contributed by atoms with van der Waals surface area (Å²) < 4.78 is 0. The predicted molar refractivity (Wildman–Crippen MR) is 82.5 cm³/mol. The van der Waals surface area contributed by atoms with E-state index in [9.17, 15) is 4.79 Å². The molecular formula is C17H26N2O. The van der Waals surface area contributed by atoms with Crippen LogP contribution in [0.5, 0.6) is 0 Å². The molecule has 0 aromatic heterocycles. The number of hydrogen-bond donors (Lipinski definition) is 2. The summed E-state index contributed by atoms with van der Waals surface area (Å²) in [6, 6.07) is 8.80. The first kappa shape index (κ1) is 15.0. The Morgan fingerprint density at radius 2 is 1.75 bits per heavy atom. The normalized spacial score (nSPS) is 16.6. The average molecular weight is 274 g/mol. The number of rotatable bonds is 5. The van der Waals surface area contributed by atoms with E-state index in [4.69, 9.17) is 0 Å². The first-order chi connectivity index (χ1) is 9.74. The van der Waals surface area contributed by atoms with E-state index in [1.54, 1.807) is 0 Å². The topological polar surface area (TPSA) is 41.1 Å². The second-order valence-electron chi connectivity index (χ2n) is 5.85. The van der Waals surface area contributed by atoms with Crippen LogP contribution in [-0.2, 0) is 11.3 Å². The molecule has 0 heterocycles. The molecule has 0 spiro atoms. The van der Waals surface area contributed by atoms with Gasteiger partial charge in [0, 0.05) is 12.6 Å². The van der Waals surface area contributed by atoms with E-state index in [0.717, 1.165) is 19.4 Å². The highest BCUT2D eigenvalue weighted by Crippen LogP contribution is 2.16. The molecular weight excluding hydrogens is 248 g/mol. The molecule has 1 amide bonds. The maximum absolute atomic E-state index is 11.9. The zero-order chi connectivity index (χ0) is 14.2. The van der Waals surface area contributed by atoms with Gasteiger partial charge in [-0.05, 0) is 25.3 Å². The quantitative estimate of drug-likeness (QED) is 0.811. The molecule has 0 unspecified atom stereocenters. The van der Waals surface area contributed by atoms with Crippen LogP contribution in [-0.4, -0.2) is 18.5 Å². The third-order valence-electron chi connectivity index (χ3n) is 3.96. The zero-order valence-corrected chi connectivity index (χ0v) is 12.5. The fraction of sp³-hybridized carbons (Fsp3) is 0.588. The highest BCUT2D eigenvalue weighted by molar-refractivity contribution is 5.78. The van der Waals surface area contributed by atoms with Crippen LogP contribution < -0.4 is 10.6 Å². The van der Waals surface area contributed by atoms with E-state index in [1.165, 1.54) is 36.8 Å². The Kier molecular flexibility index (Phi) is 6.06. The lowest BCUT2D eigenvalue weighted by Crippen LogP contribution is -2.40. The molecule has 3 nitrogen and oxygen atoms in total. The van der Waals surface area contributed by atoms with Crippen molar-refractivity contribution in [2.24, 2.45) is 0 Å². The van der Waals surface area contributed by atoms with Crippen LogP contribution in [0.4, 0.5) is 0 Å². The first-order valence-electron chi connectivity index (χ1n) is 7.79. The molecule has 2 rings (SSSR count). The highest BCUT2D eigenvalue weighted by Gasteiger charge is 2.14. The van der Waals surface area contributed by atoms with Gasteiger partial charge in [-0.25, -0.2) is 0 Å². The average Bonchev–Trinajstić information content (AvgIpc) is 2.70. The van der Waals surface area contributed by atoms with Gasteiger partial charge in [0.1, 0.15) is 0 Å². The number of carbonyl (C=O) groups is 1. The first-order valence-corrected chi connectivity index (χ1v) is 7.79. The molecule has 0 saturated heterocycles. The predicted octanol–water partition coefficient (Wildman–Crippen LogP) is 2.92. The lowest BCUT2D eigenvalue weighted by molar-refractivity contribution is -0.121. The summed E-state index contributed by atoms with van der Waals surface area (Å²) in [5.41, 5.74) is 2.48. The Hall–Kier alpha value is -1.35. The number of aryl methyl sites for hydroxylation is 1. The fourth-order valence-electron chi connectivity index (χ4n) is 2.73. The Morgan fingerprint density at radius 1 is 1.10 bits per heavy atom. The zero-order valence-electron chi connectivity index (χ0n) is 12.5. The summed E-state index contributed by atoms with van der Waals surface area (Å²) >= 11 is 0. The summed E-state index contributed by atoms with van der Waals surface area (Å²) in [7, 11) is 0. The van der Waals surface area contributed by atoms with Gasteiger partial charge in [0.2, 0.25) is 5.91 Å². The molecule has 2 N–H and O–H groups in total. The SMILES string of the molecule is Cc1ccc(CNCC(=O)NC2CCCCCC2)cc1. The summed E-state index contributed by atoms with van der Waals surface area (Å²) in [6.07, 6.45) is 7.42. The minimum Gasteiger partial charge on any atom is -0.352 e. The van der Waals surface area contributed by atoms with Crippen LogP contribution in [0.2, 0.25) is 0 Å². The second-order valence-corrected chi connectivity index (χ2v) is 5.85. The van der Waals surface area contributed by atoms with E-state index >= 15 is 0 Å². The molecule has 0 bridgehead atoms. The maximum atomic E-state index is 11.9. The van der Waals surface area contributed by atoms with Gasteiger partial charge in [-0.2, -0.15) is 0 Å². The highest BCUT2D eigenvalue weighted by atomic mass is 16.1. The van der Waals surface area contributed by atoms with E-state index < -0.39 is 0 Å². The standard InChI is InChI=1S/C17H26N2O/c1-14-8-10-15(11-9-14)12-18-13-17(20)19-16-6-4-2-3-5-7-16/h8-11,16,18H,2-7,12-13H2,1H3,(H,19,20). The van der Waals surface area contributed by atoms with E-state index in [2.05, 4.69) is 41.8 Å². The molecule has 1 saturated carbocycles. The minimum absolute atomic E-state index is 0.129. The number of nitrogens with one attached hydrogen (secondary N) is 2. The molecule has 110 valence electrons. The second kappa shape index (κ2) is 8.05. The number of hydrogen-bond acceptors (Lipinski definition) is 2. The van der Waals surface area contributed by atoms with Crippen molar-refractivity contribution in [3.05, 3.63) is 35.4 Å². The molecule has 3 heteroatoms. The van der Waals surface area contributed by atoms with Gasteiger partial charge in [-0.15, -0.1) is 0 Å². The summed E-state index contributed by atoms with van der Waals surface area (Å²) in [5.74, 6) is 0.129. The van der Waals surface area contributed by atoms with E-state index in [1.807, 2.05) is 0 Å². The molecule has 1 aliphatic rings. The molecule has 0 radical (unpaired) electrons. The summed E-state index contributed by atoms with van der Waals surface area (Å²) in [5, 5.41) is 6.37. The van der Waals surface area contributed by atoms with E-state index in [0.29, 0.717) is 12.6 Å². The van der Waals surface area contributed by atoms with Crippen molar-refractivity contribution in [1.29, 1.82) is 0 Å². The van der Waals surface area contributed by atoms with Crippen molar-refractivity contribution in [2.45, 2.75) is 58.0 Å². The van der Waals surface area contributed by atoms with Gasteiger partial charge < -0.3 is 10.6 Å². The van der Waals surface area contributed by atoms with Crippen LogP contribution in [0.3, 0.4) is 0 Å². The van der Waals surface area contributed by atoms with Crippen LogP contribution in [0.25, 0.3) is 0 Å². The van der Waals surface area contributed by atoms with Gasteiger partial charge in [0.15, 0.2) is 0 Å². The summed E-state index contributed by atoms with van der Waals surface area (Å²) in [4.78, 5) is 11.9. The van der Waals surface area contributed by atoms with Crippen LogP contribution in [0, 0.1) is 6.92 Å². The molecule has 1 fully saturated rings. The van der Waals surface area contributed by atoms with Crippen LogP contribution in [0.1, 0.15) is 49.7 Å². The maximum Gasteiger partial charge on any atom is 0.234 e. The Labute approximate surface area is 122 Å². The lowest BCUT2D eigenvalue weighted by Gasteiger charge is -2.16. The van der Waals surface area contributed by atoms with Gasteiger partial charge in [-0.1, -0.05) is 55.5 Å². The van der Waals surface area contributed by atoms with Crippen molar-refractivity contribution in [3.8, 4) is 0 Å². The lowest BCUT2D eigenvalue weighted by atomic mass is 10.1. The van der Waals surface area contributed by atoms with Crippen molar-refractivity contribution in [1.82, 2.24) is 10.6 Å². The Balaban J connectivity index is 1.65. The molecule has 1 aromatic rings. The van der Waals surface area contributed by atoms with Gasteiger partial charge in [-0.3, -0.25) is 4.79 Å². The number of benzene rings is 1. The molecule has 0 atom stereocenters. The number of amides is 1. The summed E-state index contributed by atoms with van der Waals surface area (Å²) in [6.45, 7) is 3.24. The fourth-order valence-corrected chi connectivity index (χ4v) is 2.73. The smallest absolute Gasteiger partial charge is 0.234 e. The third-order valence-corrected chi connectivity index (χ3v) is 3.96. The minimum atomic E-state index is 0.129. The van der Waals surface area contributed by atoms with Gasteiger partial charge >= 0.3 is 0 Å². The van der Waals surface area contributed by atoms with Crippen molar-refractivity contribution >= 4 is 5.91 Å². The molecule has 20 heavy (non-hydrogen) atoms. The van der Waals surface area contributed by atoms with Crippen LogP contribution >= 0.6 is 0 Å². The van der Waals surface area contributed by atoms with Crippen molar-refractivity contribution in [3.63, 3.8) is 0 Å². The number of carbonyl (C=O) groups excluding carboxylic acids is 1. The molecule has 0 aliphatic heterocycles. The van der Waals surface area contributed by atoms with Crippen LogP contribution in [0.15, 0.2) is 24.3 Å².